The van der Waals surface area contributed by atoms with Crippen LogP contribution in [0.3, 0.4) is 0 Å². The first-order chi connectivity index (χ1) is 11.6. The minimum Gasteiger partial charge on any atom is -0.459 e. The van der Waals surface area contributed by atoms with Crippen LogP contribution in [0.1, 0.15) is 23.0 Å². The zero-order chi connectivity index (χ0) is 16.7. The summed E-state index contributed by atoms with van der Waals surface area (Å²) in [6.07, 6.45) is 4.78. The third-order valence-corrected chi connectivity index (χ3v) is 3.73. The normalized spacial score (nSPS) is 15.8. The summed E-state index contributed by atoms with van der Waals surface area (Å²) in [6.45, 7) is 1.49. The molecular formula is C18H12N2O4. The predicted octanol–water partition coefficient (Wildman–Crippen LogP) is 3.24. The molecule has 0 saturated heterocycles. The second kappa shape index (κ2) is 5.34. The standard InChI is InChI=1S/C18H12N2O4/c1-11(21)20-10-12(13-5-2-3-6-15(13)20)9-14-18(22)24-17(19-14)16-7-4-8-23-16/h2-10H,1H3. The second-order valence-corrected chi connectivity index (χ2v) is 5.30. The van der Waals surface area contributed by atoms with Gasteiger partial charge in [0.25, 0.3) is 5.90 Å². The van der Waals surface area contributed by atoms with Gasteiger partial charge in [0, 0.05) is 24.1 Å². The van der Waals surface area contributed by atoms with Crippen molar-refractivity contribution >= 4 is 34.8 Å². The van der Waals surface area contributed by atoms with Crippen LogP contribution in [0.5, 0.6) is 0 Å². The van der Waals surface area contributed by atoms with Crippen LogP contribution in [0.2, 0.25) is 0 Å². The van der Waals surface area contributed by atoms with E-state index in [1.165, 1.54) is 13.2 Å². The average molecular weight is 320 g/mol. The molecule has 0 unspecified atom stereocenters. The molecule has 0 spiro atoms. The molecule has 1 aliphatic heterocycles. The zero-order valence-electron chi connectivity index (χ0n) is 12.7. The quantitative estimate of drug-likeness (QED) is 0.537. The zero-order valence-corrected chi connectivity index (χ0v) is 12.7. The van der Waals surface area contributed by atoms with Gasteiger partial charge in [0.2, 0.25) is 5.91 Å². The highest BCUT2D eigenvalue weighted by Gasteiger charge is 2.26. The van der Waals surface area contributed by atoms with Gasteiger partial charge in [0.05, 0.1) is 11.8 Å². The number of para-hydroxylation sites is 1. The number of fused-ring (bicyclic) bond motifs is 1. The maximum atomic E-state index is 12.0. The number of nitrogens with zero attached hydrogens (tertiary/aromatic N) is 2. The number of aromatic nitrogens is 1. The maximum Gasteiger partial charge on any atom is 0.363 e. The van der Waals surface area contributed by atoms with Crippen molar-refractivity contribution in [3.05, 3.63) is 65.9 Å². The van der Waals surface area contributed by atoms with Gasteiger partial charge in [-0.1, -0.05) is 18.2 Å². The van der Waals surface area contributed by atoms with E-state index in [0.717, 1.165) is 16.5 Å². The molecule has 0 bridgehead atoms. The fourth-order valence-corrected chi connectivity index (χ4v) is 2.64. The molecule has 3 aromatic rings. The monoisotopic (exact) mass is 320 g/mol. The molecule has 3 heterocycles. The number of cyclic esters (lactones) is 1. The fourth-order valence-electron chi connectivity index (χ4n) is 2.64. The van der Waals surface area contributed by atoms with Gasteiger partial charge in [-0.2, -0.15) is 0 Å². The van der Waals surface area contributed by atoms with Gasteiger partial charge >= 0.3 is 5.97 Å². The molecular weight excluding hydrogens is 308 g/mol. The third kappa shape index (κ3) is 2.25. The number of ether oxygens (including phenoxy) is 1. The van der Waals surface area contributed by atoms with Crippen molar-refractivity contribution in [2.45, 2.75) is 6.92 Å². The summed E-state index contributed by atoms with van der Waals surface area (Å²) in [5.74, 6) is -0.143. The van der Waals surface area contributed by atoms with E-state index in [0.29, 0.717) is 5.76 Å². The van der Waals surface area contributed by atoms with E-state index in [2.05, 4.69) is 4.99 Å². The van der Waals surface area contributed by atoms with Crippen LogP contribution in [-0.4, -0.2) is 22.3 Å². The lowest BCUT2D eigenvalue weighted by Crippen LogP contribution is -2.04. The molecule has 0 fully saturated rings. The molecule has 0 amide bonds. The van der Waals surface area contributed by atoms with Gasteiger partial charge in [0.15, 0.2) is 11.5 Å². The summed E-state index contributed by atoms with van der Waals surface area (Å²) in [6, 6.07) is 10.8. The first kappa shape index (κ1) is 14.2. The third-order valence-electron chi connectivity index (χ3n) is 3.73. The summed E-state index contributed by atoms with van der Waals surface area (Å²) in [5, 5.41) is 0.856. The van der Waals surface area contributed by atoms with E-state index in [1.54, 1.807) is 29.0 Å². The Bertz CT molecular complexity index is 1020. The summed E-state index contributed by atoms with van der Waals surface area (Å²) in [5.41, 5.74) is 1.66. The Kier molecular flexibility index (Phi) is 3.16. The molecule has 0 saturated carbocycles. The Labute approximate surface area is 136 Å². The largest absolute Gasteiger partial charge is 0.459 e. The van der Waals surface area contributed by atoms with Crippen molar-refractivity contribution in [3.63, 3.8) is 0 Å². The number of hydrogen-bond acceptors (Lipinski definition) is 5. The molecule has 0 atom stereocenters. The summed E-state index contributed by atoms with van der Waals surface area (Å²) in [7, 11) is 0. The second-order valence-electron chi connectivity index (χ2n) is 5.30. The van der Waals surface area contributed by atoms with Crippen LogP contribution in [-0.2, 0) is 9.53 Å². The molecule has 6 nitrogen and oxygen atoms in total. The lowest BCUT2D eigenvalue weighted by molar-refractivity contribution is -0.130. The first-order valence-electron chi connectivity index (χ1n) is 7.31. The highest BCUT2D eigenvalue weighted by atomic mass is 16.6. The van der Waals surface area contributed by atoms with Gasteiger partial charge < -0.3 is 9.15 Å². The average Bonchev–Trinajstić information content (AvgIpc) is 3.28. The van der Waals surface area contributed by atoms with Crippen molar-refractivity contribution in [3.8, 4) is 0 Å². The number of carbonyl (C=O) groups excluding carboxylic acids is 2. The van der Waals surface area contributed by atoms with Crippen LogP contribution in [0.4, 0.5) is 0 Å². The maximum absolute atomic E-state index is 12.0. The minimum absolute atomic E-state index is 0.107. The molecule has 0 radical (unpaired) electrons. The smallest absolute Gasteiger partial charge is 0.363 e. The van der Waals surface area contributed by atoms with Gasteiger partial charge in [-0.25, -0.2) is 9.79 Å². The molecule has 1 aromatic carbocycles. The van der Waals surface area contributed by atoms with Gasteiger partial charge in [-0.3, -0.25) is 9.36 Å². The van der Waals surface area contributed by atoms with Crippen molar-refractivity contribution in [2.75, 3.05) is 0 Å². The number of benzene rings is 1. The number of rotatable bonds is 2. The van der Waals surface area contributed by atoms with E-state index in [4.69, 9.17) is 9.15 Å². The Morgan fingerprint density at radius 1 is 1.21 bits per heavy atom. The highest BCUT2D eigenvalue weighted by Crippen LogP contribution is 2.26. The number of esters is 1. The van der Waals surface area contributed by atoms with Gasteiger partial charge in [-0.05, 0) is 24.3 Å². The SMILES string of the molecule is CC(=O)n1cc(C=C2N=C(c3ccco3)OC2=O)c2ccccc21. The number of carbonyl (C=O) groups is 2. The topological polar surface area (TPSA) is 73.8 Å². The van der Waals surface area contributed by atoms with E-state index >= 15 is 0 Å². The highest BCUT2D eigenvalue weighted by molar-refractivity contribution is 6.12. The number of hydrogen-bond donors (Lipinski definition) is 0. The molecule has 0 N–H and O–H groups in total. The molecule has 1 aliphatic rings. The molecule has 4 rings (SSSR count). The van der Waals surface area contributed by atoms with E-state index in [9.17, 15) is 9.59 Å². The molecule has 118 valence electrons. The minimum atomic E-state index is -0.555. The van der Waals surface area contributed by atoms with E-state index in [-0.39, 0.29) is 17.5 Å². The van der Waals surface area contributed by atoms with Crippen molar-refractivity contribution < 1.29 is 18.7 Å². The Morgan fingerprint density at radius 3 is 2.79 bits per heavy atom. The number of aliphatic imine (C=N–C) groups is 1. The lowest BCUT2D eigenvalue weighted by Gasteiger charge is -1.96. The Balaban J connectivity index is 1.83. The van der Waals surface area contributed by atoms with Crippen LogP contribution < -0.4 is 0 Å². The van der Waals surface area contributed by atoms with E-state index in [1.807, 2.05) is 24.3 Å². The van der Waals surface area contributed by atoms with Gasteiger partial charge in [-0.15, -0.1) is 0 Å². The fraction of sp³-hybridized carbons (Fsp3) is 0.0556. The number of furan rings is 1. The van der Waals surface area contributed by atoms with Crippen molar-refractivity contribution in [1.29, 1.82) is 0 Å². The molecule has 2 aromatic heterocycles. The summed E-state index contributed by atoms with van der Waals surface area (Å²) < 4.78 is 11.9. The van der Waals surface area contributed by atoms with Gasteiger partial charge in [0.1, 0.15) is 0 Å². The predicted molar refractivity (Wildman–Crippen MR) is 87.6 cm³/mol. The molecule has 6 heteroatoms. The van der Waals surface area contributed by atoms with E-state index < -0.39 is 5.97 Å². The summed E-state index contributed by atoms with van der Waals surface area (Å²) >= 11 is 0. The van der Waals surface area contributed by atoms with Crippen LogP contribution in [0.15, 0.2) is 64.0 Å². The van der Waals surface area contributed by atoms with Crippen LogP contribution >= 0.6 is 0 Å². The van der Waals surface area contributed by atoms with Crippen molar-refractivity contribution in [1.82, 2.24) is 4.57 Å². The first-order valence-corrected chi connectivity index (χ1v) is 7.31. The van der Waals surface area contributed by atoms with Crippen molar-refractivity contribution in [2.24, 2.45) is 4.99 Å². The Hall–Kier alpha value is -3.41. The Morgan fingerprint density at radius 2 is 2.04 bits per heavy atom. The van der Waals surface area contributed by atoms with Crippen LogP contribution in [0.25, 0.3) is 17.0 Å². The molecule has 24 heavy (non-hydrogen) atoms. The van der Waals surface area contributed by atoms with Crippen LogP contribution in [0, 0.1) is 0 Å². The molecule has 0 aliphatic carbocycles. The lowest BCUT2D eigenvalue weighted by atomic mass is 10.1. The summed E-state index contributed by atoms with van der Waals surface area (Å²) in [4.78, 5) is 28.0.